The molecule has 4 aromatic rings. The largest absolute Gasteiger partial charge is 0.493 e. The quantitative estimate of drug-likeness (QED) is 0.485. The van der Waals surface area contributed by atoms with Gasteiger partial charge in [0.2, 0.25) is 0 Å². The highest BCUT2D eigenvalue weighted by Gasteiger charge is 2.33. The first kappa shape index (κ1) is 16.4. The first-order valence-corrected chi connectivity index (χ1v) is 10.2. The molecule has 26 heavy (non-hydrogen) atoms. The number of para-hydroxylation sites is 1. The third kappa shape index (κ3) is 2.95. The van der Waals surface area contributed by atoms with Gasteiger partial charge in [0.05, 0.1) is 20.4 Å². The second-order valence-electron chi connectivity index (χ2n) is 7.35. The lowest BCUT2D eigenvalue weighted by atomic mass is 9.76. The van der Waals surface area contributed by atoms with Gasteiger partial charge in [-0.1, -0.05) is 32.0 Å². The number of hydrogen-bond donors (Lipinski definition) is 0. The summed E-state index contributed by atoms with van der Waals surface area (Å²) in [6, 6.07) is 14.4. The molecule has 7 heteroatoms. The number of nitrogens with zero attached hydrogens (tertiary/aromatic N) is 2. The molecule has 0 atom stereocenters. The molecule has 0 spiro atoms. The fourth-order valence-electron chi connectivity index (χ4n) is 3.03. The Kier molecular flexibility index (Phi) is 3.86. The summed E-state index contributed by atoms with van der Waals surface area (Å²) >= 11 is 3.35. The van der Waals surface area contributed by atoms with Crippen LogP contribution >= 0.6 is 22.7 Å². The Morgan fingerprint density at radius 2 is 1.54 bits per heavy atom. The van der Waals surface area contributed by atoms with E-state index in [0.29, 0.717) is 13.2 Å². The molecule has 1 fully saturated rings. The molecule has 0 N–H and O–H groups in total. The van der Waals surface area contributed by atoms with Crippen molar-refractivity contribution in [2.45, 2.75) is 13.8 Å². The van der Waals surface area contributed by atoms with E-state index in [4.69, 9.17) is 19.3 Å². The van der Waals surface area contributed by atoms with Gasteiger partial charge in [-0.3, -0.25) is 0 Å². The van der Waals surface area contributed by atoms with E-state index in [1.54, 1.807) is 22.7 Å². The Hall–Kier alpha value is -1.80. The van der Waals surface area contributed by atoms with Gasteiger partial charge in [-0.2, -0.15) is 0 Å². The first-order valence-electron chi connectivity index (χ1n) is 8.57. The van der Waals surface area contributed by atoms with Gasteiger partial charge >= 0.3 is 7.12 Å². The van der Waals surface area contributed by atoms with Crippen LogP contribution in [0.1, 0.15) is 13.8 Å². The minimum Gasteiger partial charge on any atom is -0.407 e. The Bertz CT molecular complexity index is 1060. The summed E-state index contributed by atoms with van der Waals surface area (Å²) in [6.07, 6.45) is 0. The standard InChI is InChI=1S/C19H17BN2O2S2/c1-19(2)10-23-20(24-11-19)12-7-8-14-16(9-12)26-18(22-14)17-21-13-5-3-4-6-15(13)25-17/h3-9H,10-11H2,1-2H3. The van der Waals surface area contributed by atoms with Crippen molar-refractivity contribution in [1.29, 1.82) is 0 Å². The van der Waals surface area contributed by atoms with Gasteiger partial charge in [0, 0.05) is 18.6 Å². The molecule has 0 aliphatic carbocycles. The summed E-state index contributed by atoms with van der Waals surface area (Å²) in [5.41, 5.74) is 3.14. The minimum atomic E-state index is -0.291. The van der Waals surface area contributed by atoms with Crippen molar-refractivity contribution in [2.75, 3.05) is 13.2 Å². The molecule has 0 radical (unpaired) electrons. The van der Waals surface area contributed by atoms with Crippen molar-refractivity contribution in [3.05, 3.63) is 42.5 Å². The normalized spacial score (nSPS) is 17.2. The number of fused-ring (bicyclic) bond motifs is 2. The summed E-state index contributed by atoms with van der Waals surface area (Å²) in [6.45, 7) is 5.71. The minimum absolute atomic E-state index is 0.0745. The Morgan fingerprint density at radius 3 is 2.27 bits per heavy atom. The number of aromatic nitrogens is 2. The average molecular weight is 380 g/mol. The summed E-state index contributed by atoms with van der Waals surface area (Å²) in [5.74, 6) is 0. The number of hydrogen-bond acceptors (Lipinski definition) is 6. The second kappa shape index (κ2) is 6.13. The Morgan fingerprint density at radius 1 is 0.885 bits per heavy atom. The highest BCUT2D eigenvalue weighted by molar-refractivity contribution is 7.27. The molecule has 2 aromatic carbocycles. The van der Waals surface area contributed by atoms with Crippen LogP contribution in [0.2, 0.25) is 0 Å². The maximum absolute atomic E-state index is 5.91. The highest BCUT2D eigenvalue weighted by Crippen LogP contribution is 2.35. The summed E-state index contributed by atoms with van der Waals surface area (Å²) in [7, 11) is -0.291. The lowest BCUT2D eigenvalue weighted by Gasteiger charge is -2.33. The zero-order valence-electron chi connectivity index (χ0n) is 14.6. The average Bonchev–Trinajstić information content (AvgIpc) is 3.24. The lowest BCUT2D eigenvalue weighted by molar-refractivity contribution is 0.0343. The van der Waals surface area contributed by atoms with Gasteiger partial charge in [-0.15, -0.1) is 22.7 Å². The van der Waals surface area contributed by atoms with E-state index in [1.165, 1.54) is 4.70 Å². The fourth-order valence-corrected chi connectivity index (χ4v) is 5.03. The van der Waals surface area contributed by atoms with E-state index in [2.05, 4.69) is 26.0 Å². The van der Waals surface area contributed by atoms with Crippen LogP contribution in [0.15, 0.2) is 42.5 Å². The molecular formula is C19H17BN2O2S2. The van der Waals surface area contributed by atoms with Gasteiger partial charge in [0.25, 0.3) is 0 Å². The smallest absolute Gasteiger partial charge is 0.407 e. The SMILES string of the molecule is CC1(C)COB(c2ccc3nc(-c4nc5ccccc5s4)sc3c2)OC1. The van der Waals surface area contributed by atoms with E-state index in [9.17, 15) is 0 Å². The Labute approximate surface area is 160 Å². The molecule has 1 saturated heterocycles. The van der Waals surface area contributed by atoms with E-state index >= 15 is 0 Å². The molecule has 0 bridgehead atoms. The molecule has 3 heterocycles. The van der Waals surface area contributed by atoms with Gasteiger partial charge in [0.1, 0.15) is 0 Å². The van der Waals surface area contributed by atoms with Crippen LogP contribution in [-0.2, 0) is 9.31 Å². The Balaban J connectivity index is 1.48. The lowest BCUT2D eigenvalue weighted by Crippen LogP contribution is -2.47. The first-order chi connectivity index (χ1) is 12.6. The van der Waals surface area contributed by atoms with Crippen molar-refractivity contribution in [1.82, 2.24) is 9.97 Å². The van der Waals surface area contributed by atoms with E-state index in [1.807, 2.05) is 30.3 Å². The van der Waals surface area contributed by atoms with Gasteiger partial charge in [0.15, 0.2) is 10.0 Å². The van der Waals surface area contributed by atoms with Crippen molar-refractivity contribution < 1.29 is 9.31 Å². The summed E-state index contributed by atoms with van der Waals surface area (Å²) in [5, 5.41) is 1.94. The molecule has 0 saturated carbocycles. The van der Waals surface area contributed by atoms with Crippen LogP contribution in [0, 0.1) is 5.41 Å². The summed E-state index contributed by atoms with van der Waals surface area (Å²) < 4.78 is 14.1. The van der Waals surface area contributed by atoms with E-state index < -0.39 is 0 Å². The van der Waals surface area contributed by atoms with Gasteiger partial charge in [-0.05, 0) is 29.7 Å². The van der Waals surface area contributed by atoms with Crippen LogP contribution in [-0.4, -0.2) is 30.3 Å². The van der Waals surface area contributed by atoms with E-state index in [0.717, 1.165) is 31.2 Å². The topological polar surface area (TPSA) is 44.2 Å². The van der Waals surface area contributed by atoms with Crippen molar-refractivity contribution in [3.8, 4) is 10.0 Å². The maximum atomic E-state index is 5.91. The van der Waals surface area contributed by atoms with Gasteiger partial charge < -0.3 is 9.31 Å². The third-order valence-corrected chi connectivity index (χ3v) is 6.61. The molecule has 130 valence electrons. The van der Waals surface area contributed by atoms with Crippen molar-refractivity contribution >= 4 is 55.7 Å². The van der Waals surface area contributed by atoms with Crippen LogP contribution in [0.3, 0.4) is 0 Å². The monoisotopic (exact) mass is 380 g/mol. The van der Waals surface area contributed by atoms with Crippen molar-refractivity contribution in [2.24, 2.45) is 5.41 Å². The van der Waals surface area contributed by atoms with Gasteiger partial charge in [-0.25, -0.2) is 9.97 Å². The highest BCUT2D eigenvalue weighted by atomic mass is 32.1. The third-order valence-electron chi connectivity index (χ3n) is 4.41. The molecular weight excluding hydrogens is 363 g/mol. The molecule has 1 aliphatic heterocycles. The fraction of sp³-hybridized carbons (Fsp3) is 0.263. The molecule has 1 aliphatic rings. The van der Waals surface area contributed by atoms with Crippen LogP contribution < -0.4 is 5.46 Å². The maximum Gasteiger partial charge on any atom is 0.493 e. The van der Waals surface area contributed by atoms with Crippen molar-refractivity contribution in [3.63, 3.8) is 0 Å². The van der Waals surface area contributed by atoms with Crippen LogP contribution in [0.25, 0.3) is 30.4 Å². The zero-order chi connectivity index (χ0) is 17.7. The summed E-state index contributed by atoms with van der Waals surface area (Å²) in [4.78, 5) is 9.50. The van der Waals surface area contributed by atoms with Crippen LogP contribution in [0.5, 0.6) is 0 Å². The molecule has 2 aromatic heterocycles. The molecule has 0 amide bonds. The number of rotatable bonds is 2. The predicted molar refractivity (Wildman–Crippen MR) is 109 cm³/mol. The number of thiazole rings is 2. The molecule has 4 nitrogen and oxygen atoms in total. The molecule has 0 unspecified atom stereocenters. The zero-order valence-corrected chi connectivity index (χ0v) is 16.2. The van der Waals surface area contributed by atoms with Crippen LogP contribution in [0.4, 0.5) is 0 Å². The second-order valence-corrected chi connectivity index (χ2v) is 9.41. The predicted octanol–water partition coefficient (Wildman–Crippen LogP) is 4.34. The van der Waals surface area contributed by atoms with E-state index in [-0.39, 0.29) is 12.5 Å². The number of benzene rings is 2. The molecule has 5 rings (SSSR count).